The maximum atomic E-state index is 13.1. The smallest absolute Gasteiger partial charge is 0.278 e. The van der Waals surface area contributed by atoms with Gasteiger partial charge in [0.25, 0.3) is 11.8 Å². The highest BCUT2D eigenvalue weighted by Gasteiger charge is 2.39. The molecular formula is C23H24N2O4. The van der Waals surface area contributed by atoms with E-state index in [1.54, 1.807) is 32.4 Å². The molecule has 150 valence electrons. The van der Waals surface area contributed by atoms with Crippen LogP contribution in [0.4, 0.5) is 5.69 Å². The number of carbonyl (C=O) groups is 2. The minimum Gasteiger partial charge on any atom is -0.497 e. The quantitative estimate of drug-likeness (QED) is 0.575. The van der Waals surface area contributed by atoms with Crippen molar-refractivity contribution in [3.63, 3.8) is 0 Å². The van der Waals surface area contributed by atoms with E-state index in [-0.39, 0.29) is 18.1 Å². The Kier molecular flexibility index (Phi) is 5.73. The van der Waals surface area contributed by atoms with Crippen LogP contribution in [0, 0.1) is 13.8 Å². The Morgan fingerprint density at radius 3 is 2.21 bits per heavy atom. The van der Waals surface area contributed by atoms with Crippen LogP contribution >= 0.6 is 0 Å². The summed E-state index contributed by atoms with van der Waals surface area (Å²) in [6.45, 7) is 7.70. The van der Waals surface area contributed by atoms with Gasteiger partial charge in [-0.3, -0.25) is 14.5 Å². The van der Waals surface area contributed by atoms with Crippen molar-refractivity contribution in [1.29, 1.82) is 0 Å². The van der Waals surface area contributed by atoms with Gasteiger partial charge in [-0.05, 0) is 25.0 Å². The molecule has 0 bridgehead atoms. The molecule has 0 atom stereocenters. The molecule has 0 unspecified atom stereocenters. The van der Waals surface area contributed by atoms with Gasteiger partial charge in [0.2, 0.25) is 0 Å². The van der Waals surface area contributed by atoms with Crippen molar-refractivity contribution in [1.82, 2.24) is 4.90 Å². The van der Waals surface area contributed by atoms with Gasteiger partial charge in [-0.25, -0.2) is 0 Å². The minimum absolute atomic E-state index is 0.138. The molecule has 2 amide bonds. The van der Waals surface area contributed by atoms with Crippen molar-refractivity contribution in [3.8, 4) is 11.5 Å². The largest absolute Gasteiger partial charge is 0.497 e. The Morgan fingerprint density at radius 1 is 1.00 bits per heavy atom. The molecule has 1 aliphatic heterocycles. The molecule has 2 aromatic carbocycles. The number of methoxy groups -OCH3 is 2. The number of benzene rings is 2. The predicted octanol–water partition coefficient (Wildman–Crippen LogP) is 3.70. The Hall–Kier alpha value is -3.54. The van der Waals surface area contributed by atoms with E-state index in [9.17, 15) is 9.59 Å². The standard InChI is InChI=1S/C23H24N2O4/c1-6-9-25-22(26)20(19-8-7-14(2)10-15(19)3)21(23(25)27)24-16-11-17(28-4)13-18(12-16)29-5/h6-8,10-13,24H,1,9H2,2-5H3. The molecule has 0 aliphatic carbocycles. The van der Waals surface area contributed by atoms with Crippen molar-refractivity contribution in [2.24, 2.45) is 0 Å². The first-order valence-corrected chi connectivity index (χ1v) is 9.18. The molecule has 29 heavy (non-hydrogen) atoms. The summed E-state index contributed by atoms with van der Waals surface area (Å²) in [6, 6.07) is 11.0. The van der Waals surface area contributed by atoms with Crippen molar-refractivity contribution in [3.05, 3.63) is 71.4 Å². The maximum Gasteiger partial charge on any atom is 0.278 e. The van der Waals surface area contributed by atoms with Crippen LogP contribution in [0.5, 0.6) is 11.5 Å². The summed E-state index contributed by atoms with van der Waals surface area (Å²) in [5, 5.41) is 3.12. The lowest BCUT2D eigenvalue weighted by Crippen LogP contribution is -2.32. The molecule has 0 radical (unpaired) electrons. The van der Waals surface area contributed by atoms with Crippen LogP contribution in [0.3, 0.4) is 0 Å². The fraction of sp³-hybridized carbons (Fsp3) is 0.217. The molecule has 0 aromatic heterocycles. The number of amides is 2. The Labute approximate surface area is 170 Å². The number of nitrogens with zero attached hydrogens (tertiary/aromatic N) is 1. The highest BCUT2D eigenvalue weighted by atomic mass is 16.5. The fourth-order valence-corrected chi connectivity index (χ4v) is 3.35. The van der Waals surface area contributed by atoms with E-state index in [0.717, 1.165) is 16.7 Å². The second-order valence-corrected chi connectivity index (χ2v) is 6.80. The molecule has 3 rings (SSSR count). The van der Waals surface area contributed by atoms with E-state index in [4.69, 9.17) is 9.47 Å². The number of imide groups is 1. The van der Waals surface area contributed by atoms with Crippen molar-refractivity contribution in [2.45, 2.75) is 13.8 Å². The van der Waals surface area contributed by atoms with Gasteiger partial charge in [-0.2, -0.15) is 0 Å². The third-order valence-electron chi connectivity index (χ3n) is 4.75. The first kappa shape index (κ1) is 20.2. The summed E-state index contributed by atoms with van der Waals surface area (Å²) in [7, 11) is 3.10. The first-order chi connectivity index (χ1) is 13.9. The molecule has 6 heteroatoms. The fourth-order valence-electron chi connectivity index (χ4n) is 3.35. The Balaban J connectivity index is 2.14. The summed E-state index contributed by atoms with van der Waals surface area (Å²) in [4.78, 5) is 27.3. The normalized spacial score (nSPS) is 13.7. The minimum atomic E-state index is -0.397. The van der Waals surface area contributed by atoms with E-state index in [1.165, 1.54) is 11.0 Å². The third kappa shape index (κ3) is 3.87. The van der Waals surface area contributed by atoms with Crippen LogP contribution in [0.25, 0.3) is 5.57 Å². The van der Waals surface area contributed by atoms with E-state index in [1.807, 2.05) is 32.0 Å². The molecule has 2 aromatic rings. The number of anilines is 1. The van der Waals surface area contributed by atoms with Gasteiger partial charge >= 0.3 is 0 Å². The average Bonchev–Trinajstić information content (AvgIpc) is 2.92. The van der Waals surface area contributed by atoms with Crippen molar-refractivity contribution < 1.29 is 19.1 Å². The SMILES string of the molecule is C=CCN1C(=O)C(Nc2cc(OC)cc(OC)c2)=C(c2ccc(C)cc2C)C1=O. The number of carbonyl (C=O) groups excluding carboxylic acids is 2. The van der Waals surface area contributed by atoms with Crippen LogP contribution in [0.1, 0.15) is 16.7 Å². The number of rotatable bonds is 7. The zero-order chi connectivity index (χ0) is 21.1. The highest BCUT2D eigenvalue weighted by molar-refractivity contribution is 6.36. The Bertz CT molecular complexity index is 1000. The van der Waals surface area contributed by atoms with Crippen LogP contribution in [-0.2, 0) is 9.59 Å². The third-order valence-corrected chi connectivity index (χ3v) is 4.75. The molecule has 0 spiro atoms. The summed E-state index contributed by atoms with van der Waals surface area (Å²) in [6.07, 6.45) is 1.53. The molecule has 1 N–H and O–H groups in total. The van der Waals surface area contributed by atoms with Crippen LogP contribution < -0.4 is 14.8 Å². The summed E-state index contributed by atoms with van der Waals surface area (Å²) in [5.41, 5.74) is 3.87. The molecule has 6 nitrogen and oxygen atoms in total. The van der Waals surface area contributed by atoms with E-state index < -0.39 is 5.91 Å². The average molecular weight is 392 g/mol. The highest BCUT2D eigenvalue weighted by Crippen LogP contribution is 2.34. The zero-order valence-corrected chi connectivity index (χ0v) is 17.0. The van der Waals surface area contributed by atoms with Crippen LogP contribution in [-0.4, -0.2) is 37.5 Å². The molecular weight excluding hydrogens is 368 g/mol. The topological polar surface area (TPSA) is 67.9 Å². The second-order valence-electron chi connectivity index (χ2n) is 6.80. The Morgan fingerprint density at radius 2 is 1.66 bits per heavy atom. The number of hydrogen-bond donors (Lipinski definition) is 1. The number of hydrogen-bond acceptors (Lipinski definition) is 5. The van der Waals surface area contributed by atoms with Crippen molar-refractivity contribution in [2.75, 3.05) is 26.1 Å². The van der Waals surface area contributed by atoms with Gasteiger partial charge in [0, 0.05) is 30.4 Å². The molecule has 0 saturated heterocycles. The maximum absolute atomic E-state index is 13.1. The molecule has 1 heterocycles. The van der Waals surface area contributed by atoms with Crippen LogP contribution in [0.2, 0.25) is 0 Å². The van der Waals surface area contributed by atoms with Crippen LogP contribution in [0.15, 0.2) is 54.8 Å². The van der Waals surface area contributed by atoms with Gasteiger partial charge in [0.1, 0.15) is 17.2 Å². The van der Waals surface area contributed by atoms with E-state index in [0.29, 0.717) is 22.8 Å². The van der Waals surface area contributed by atoms with Gasteiger partial charge in [-0.1, -0.05) is 29.8 Å². The summed E-state index contributed by atoms with van der Waals surface area (Å²) >= 11 is 0. The summed E-state index contributed by atoms with van der Waals surface area (Å²) in [5.74, 6) is 0.395. The lowest BCUT2D eigenvalue weighted by molar-refractivity contribution is -0.136. The van der Waals surface area contributed by atoms with Gasteiger partial charge < -0.3 is 14.8 Å². The lowest BCUT2D eigenvalue weighted by Gasteiger charge is -2.13. The second kappa shape index (κ2) is 8.22. The monoisotopic (exact) mass is 392 g/mol. The predicted molar refractivity (Wildman–Crippen MR) is 113 cm³/mol. The number of nitrogens with one attached hydrogen (secondary N) is 1. The zero-order valence-electron chi connectivity index (χ0n) is 17.0. The van der Waals surface area contributed by atoms with Gasteiger partial charge in [0.05, 0.1) is 19.8 Å². The first-order valence-electron chi connectivity index (χ1n) is 9.18. The number of ether oxygens (including phenoxy) is 2. The number of aryl methyl sites for hydroxylation is 2. The molecule has 1 aliphatic rings. The van der Waals surface area contributed by atoms with E-state index >= 15 is 0 Å². The van der Waals surface area contributed by atoms with Gasteiger partial charge in [-0.15, -0.1) is 6.58 Å². The van der Waals surface area contributed by atoms with E-state index in [2.05, 4.69) is 11.9 Å². The molecule has 0 fully saturated rings. The van der Waals surface area contributed by atoms with Crippen molar-refractivity contribution >= 4 is 23.1 Å². The summed E-state index contributed by atoms with van der Waals surface area (Å²) < 4.78 is 10.6. The molecule has 0 saturated carbocycles. The lowest BCUT2D eigenvalue weighted by atomic mass is 9.97. The van der Waals surface area contributed by atoms with Gasteiger partial charge in [0.15, 0.2) is 0 Å².